The van der Waals surface area contributed by atoms with Crippen molar-refractivity contribution >= 4 is 23.3 Å². The monoisotopic (exact) mass is 499 g/mol. The van der Waals surface area contributed by atoms with Crippen LogP contribution in [0.1, 0.15) is 85.3 Å². The van der Waals surface area contributed by atoms with Gasteiger partial charge in [0.25, 0.3) is 5.91 Å². The number of nitrogens with zero attached hydrogens (tertiary/aromatic N) is 2. The highest BCUT2D eigenvalue weighted by molar-refractivity contribution is 7.14. The number of aromatic nitrogens is 1. The van der Waals surface area contributed by atoms with Gasteiger partial charge in [-0.05, 0) is 76.6 Å². The van der Waals surface area contributed by atoms with Gasteiger partial charge in [-0.25, -0.2) is 4.79 Å². The Kier molecular flexibility index (Phi) is 7.52. The first-order chi connectivity index (χ1) is 16.6. The Morgan fingerprint density at radius 2 is 2.03 bits per heavy atom. The number of carbonyl (C=O) groups is 2. The second-order valence-electron chi connectivity index (χ2n) is 10.6. The standard InChI is InChI=1S/C27H37N3O4S/c1-6-7-19-8-9-21(28-16-19)17-29-24(31)22-15-20-14-18(2)33-27(23(20)35-22)10-12-30(13-11-27)25(32)34-26(3,4)5/h8-9,15-16,18H,6-7,10-14,17H2,1-5H3,(H,29,31). The normalized spacial score (nSPS) is 19.3. The van der Waals surface area contributed by atoms with E-state index in [9.17, 15) is 9.59 Å². The van der Waals surface area contributed by atoms with Crippen LogP contribution in [0.15, 0.2) is 24.4 Å². The summed E-state index contributed by atoms with van der Waals surface area (Å²) in [7, 11) is 0. The lowest BCUT2D eigenvalue weighted by Gasteiger charge is -2.45. The van der Waals surface area contributed by atoms with Crippen molar-refractivity contribution in [2.24, 2.45) is 0 Å². The third kappa shape index (κ3) is 6.04. The summed E-state index contributed by atoms with van der Waals surface area (Å²) in [6.07, 6.45) is 5.95. The van der Waals surface area contributed by atoms with Crippen LogP contribution in [-0.2, 0) is 34.5 Å². The highest BCUT2D eigenvalue weighted by Gasteiger charge is 2.45. The van der Waals surface area contributed by atoms with E-state index in [1.165, 1.54) is 22.5 Å². The molecule has 4 rings (SSSR count). The highest BCUT2D eigenvalue weighted by atomic mass is 32.1. The highest BCUT2D eigenvalue weighted by Crippen LogP contribution is 2.47. The third-order valence-electron chi connectivity index (χ3n) is 6.46. The molecule has 0 saturated carbocycles. The van der Waals surface area contributed by atoms with E-state index in [0.717, 1.165) is 29.8 Å². The maximum absolute atomic E-state index is 13.0. The lowest BCUT2D eigenvalue weighted by molar-refractivity contribution is -0.129. The average Bonchev–Trinajstić information content (AvgIpc) is 3.23. The molecular weight excluding hydrogens is 462 g/mol. The number of nitrogens with one attached hydrogen (secondary N) is 1. The quantitative estimate of drug-likeness (QED) is 0.611. The van der Waals surface area contributed by atoms with E-state index in [0.29, 0.717) is 37.4 Å². The van der Waals surface area contributed by atoms with Gasteiger partial charge in [-0.15, -0.1) is 11.3 Å². The Labute approximate surface area is 212 Å². The molecule has 2 aromatic rings. The zero-order valence-electron chi connectivity index (χ0n) is 21.5. The van der Waals surface area contributed by atoms with Crippen molar-refractivity contribution < 1.29 is 19.1 Å². The van der Waals surface area contributed by atoms with Gasteiger partial charge in [-0.2, -0.15) is 0 Å². The van der Waals surface area contributed by atoms with Crippen molar-refractivity contribution in [2.45, 2.75) is 90.6 Å². The molecule has 0 aromatic carbocycles. The Balaban J connectivity index is 1.43. The van der Waals surface area contributed by atoms with Crippen LogP contribution >= 0.6 is 11.3 Å². The molecule has 1 fully saturated rings. The molecule has 1 unspecified atom stereocenters. The molecule has 7 nitrogen and oxygen atoms in total. The van der Waals surface area contributed by atoms with E-state index in [2.05, 4.69) is 30.2 Å². The van der Waals surface area contributed by atoms with Crippen LogP contribution < -0.4 is 5.32 Å². The fourth-order valence-corrected chi connectivity index (χ4v) is 6.14. The van der Waals surface area contributed by atoms with E-state index in [4.69, 9.17) is 9.47 Å². The number of rotatable bonds is 5. The maximum atomic E-state index is 13.0. The van der Waals surface area contributed by atoms with Gasteiger partial charge < -0.3 is 19.7 Å². The molecule has 2 amide bonds. The van der Waals surface area contributed by atoms with Crippen molar-refractivity contribution in [2.75, 3.05) is 13.1 Å². The molecule has 190 valence electrons. The van der Waals surface area contributed by atoms with Gasteiger partial charge in [0.1, 0.15) is 11.2 Å². The van der Waals surface area contributed by atoms with E-state index in [-0.39, 0.29) is 18.1 Å². The predicted octanol–water partition coefficient (Wildman–Crippen LogP) is 5.21. The number of amides is 2. The smallest absolute Gasteiger partial charge is 0.410 e. The molecule has 0 bridgehead atoms. The van der Waals surface area contributed by atoms with Crippen molar-refractivity contribution in [1.29, 1.82) is 0 Å². The first-order valence-electron chi connectivity index (χ1n) is 12.6. The summed E-state index contributed by atoms with van der Waals surface area (Å²) in [5.41, 5.74) is 2.28. The lowest BCUT2D eigenvalue weighted by atomic mass is 9.84. The molecule has 2 aromatic heterocycles. The van der Waals surface area contributed by atoms with Crippen LogP contribution in [0.2, 0.25) is 0 Å². The minimum Gasteiger partial charge on any atom is -0.444 e. The van der Waals surface area contributed by atoms with Crippen LogP contribution in [-0.4, -0.2) is 46.7 Å². The summed E-state index contributed by atoms with van der Waals surface area (Å²) in [5.74, 6) is -0.0853. The largest absolute Gasteiger partial charge is 0.444 e. The Hall–Kier alpha value is -2.45. The number of ether oxygens (including phenoxy) is 2. The number of hydrogen-bond acceptors (Lipinski definition) is 6. The maximum Gasteiger partial charge on any atom is 0.410 e. The molecule has 1 saturated heterocycles. The van der Waals surface area contributed by atoms with E-state index < -0.39 is 11.2 Å². The summed E-state index contributed by atoms with van der Waals surface area (Å²) in [6.45, 7) is 11.4. The summed E-state index contributed by atoms with van der Waals surface area (Å²) in [4.78, 5) is 33.6. The molecule has 35 heavy (non-hydrogen) atoms. The second kappa shape index (κ2) is 10.3. The van der Waals surface area contributed by atoms with Crippen LogP contribution in [0.25, 0.3) is 0 Å². The van der Waals surface area contributed by atoms with Crippen LogP contribution in [0, 0.1) is 0 Å². The van der Waals surface area contributed by atoms with Crippen molar-refractivity contribution in [3.8, 4) is 0 Å². The summed E-state index contributed by atoms with van der Waals surface area (Å²) >= 11 is 1.52. The lowest BCUT2D eigenvalue weighted by Crippen LogP contribution is -2.50. The van der Waals surface area contributed by atoms with Gasteiger partial charge in [0, 0.05) is 24.2 Å². The fraction of sp³-hybridized carbons (Fsp3) is 0.593. The van der Waals surface area contributed by atoms with Crippen molar-refractivity contribution in [3.63, 3.8) is 0 Å². The number of thiophene rings is 1. The van der Waals surface area contributed by atoms with Crippen LogP contribution in [0.5, 0.6) is 0 Å². The number of likely N-dealkylation sites (tertiary alicyclic amines) is 1. The minimum atomic E-state index is -0.516. The van der Waals surface area contributed by atoms with Gasteiger partial charge >= 0.3 is 6.09 Å². The molecule has 2 aliphatic rings. The molecule has 0 radical (unpaired) electrons. The molecule has 1 atom stereocenters. The first-order valence-corrected chi connectivity index (χ1v) is 13.4. The zero-order valence-corrected chi connectivity index (χ0v) is 22.3. The minimum absolute atomic E-state index is 0.0620. The number of fused-ring (bicyclic) bond motifs is 2. The summed E-state index contributed by atoms with van der Waals surface area (Å²) in [5, 5.41) is 3.02. The zero-order chi connectivity index (χ0) is 25.2. The molecule has 2 aliphatic heterocycles. The Bertz CT molecular complexity index is 1050. The molecule has 8 heteroatoms. The van der Waals surface area contributed by atoms with E-state index in [1.807, 2.05) is 39.1 Å². The molecule has 4 heterocycles. The predicted molar refractivity (Wildman–Crippen MR) is 137 cm³/mol. The SMILES string of the molecule is CCCc1ccc(CNC(=O)c2cc3c(s2)C2(CCN(C(=O)OC(C)(C)C)CC2)OC(C)C3)nc1. The molecular formula is C27H37N3O4S. The number of piperidine rings is 1. The van der Waals surface area contributed by atoms with Crippen molar-refractivity contribution in [3.05, 3.63) is 51.0 Å². The fourth-order valence-electron chi connectivity index (χ4n) is 4.84. The van der Waals surface area contributed by atoms with Crippen LogP contribution in [0.4, 0.5) is 4.79 Å². The number of carbonyl (C=O) groups excluding carboxylic acids is 2. The van der Waals surface area contributed by atoms with E-state index >= 15 is 0 Å². The molecule has 0 aliphatic carbocycles. The number of pyridine rings is 1. The Morgan fingerprint density at radius 3 is 2.66 bits per heavy atom. The van der Waals surface area contributed by atoms with Gasteiger partial charge in [-0.3, -0.25) is 9.78 Å². The number of aryl methyl sites for hydroxylation is 1. The second-order valence-corrected chi connectivity index (χ2v) is 11.7. The molecule has 1 N–H and O–H groups in total. The van der Waals surface area contributed by atoms with Crippen molar-refractivity contribution in [1.82, 2.24) is 15.2 Å². The van der Waals surface area contributed by atoms with E-state index in [1.54, 1.807) is 4.90 Å². The van der Waals surface area contributed by atoms with Crippen LogP contribution in [0.3, 0.4) is 0 Å². The average molecular weight is 500 g/mol. The Morgan fingerprint density at radius 1 is 1.29 bits per heavy atom. The van der Waals surface area contributed by atoms with Gasteiger partial charge in [-0.1, -0.05) is 19.4 Å². The summed E-state index contributed by atoms with van der Waals surface area (Å²) < 4.78 is 12.1. The third-order valence-corrected chi connectivity index (χ3v) is 7.82. The topological polar surface area (TPSA) is 80.8 Å². The first kappa shape index (κ1) is 25.6. The number of hydrogen-bond donors (Lipinski definition) is 1. The molecule has 1 spiro atoms. The van der Waals surface area contributed by atoms with Gasteiger partial charge in [0.05, 0.1) is 23.2 Å². The summed E-state index contributed by atoms with van der Waals surface area (Å²) in [6, 6.07) is 6.08. The van der Waals surface area contributed by atoms with Gasteiger partial charge in [0.15, 0.2) is 0 Å². The van der Waals surface area contributed by atoms with Gasteiger partial charge in [0.2, 0.25) is 0 Å².